The van der Waals surface area contributed by atoms with E-state index in [1.807, 2.05) is 0 Å². The first-order valence-corrected chi connectivity index (χ1v) is 9.51. The SMILES string of the molecule is COC1(O)C2c3ccc4cccc5c4c3-c3c(cc4ccccc4[n+]3C21)C5. The summed E-state index contributed by atoms with van der Waals surface area (Å²) in [4.78, 5) is 0. The number of pyridine rings is 1. The lowest BCUT2D eigenvalue weighted by Crippen LogP contribution is -2.43. The van der Waals surface area contributed by atoms with Crippen LogP contribution < -0.4 is 4.57 Å². The maximum Gasteiger partial charge on any atom is 0.244 e. The van der Waals surface area contributed by atoms with Crippen LogP contribution in [0.5, 0.6) is 0 Å². The Balaban J connectivity index is 1.75. The molecule has 3 atom stereocenters. The Hall–Kier alpha value is -2.75. The van der Waals surface area contributed by atoms with E-state index in [0.717, 1.165) is 6.42 Å². The first kappa shape index (κ1) is 14.3. The van der Waals surface area contributed by atoms with Gasteiger partial charge in [0.05, 0.1) is 5.56 Å². The second kappa shape index (κ2) is 4.38. The lowest BCUT2D eigenvalue weighted by Gasteiger charge is -2.24. The molecule has 0 amide bonds. The van der Waals surface area contributed by atoms with Crippen LogP contribution in [0.3, 0.4) is 0 Å². The molecule has 3 nitrogen and oxygen atoms in total. The van der Waals surface area contributed by atoms with Crippen LogP contribution in [0.1, 0.15) is 28.7 Å². The molecule has 1 aromatic heterocycles. The van der Waals surface area contributed by atoms with Gasteiger partial charge in [-0.15, -0.1) is 0 Å². The number of aliphatic hydroxyl groups is 1. The molecule has 130 valence electrons. The van der Waals surface area contributed by atoms with Gasteiger partial charge in [0.25, 0.3) is 0 Å². The van der Waals surface area contributed by atoms with Gasteiger partial charge >= 0.3 is 0 Å². The van der Waals surface area contributed by atoms with Gasteiger partial charge < -0.3 is 9.84 Å². The molecule has 2 heterocycles. The van der Waals surface area contributed by atoms with E-state index in [1.54, 1.807) is 7.11 Å². The highest BCUT2D eigenvalue weighted by Crippen LogP contribution is 2.64. The molecular formula is C24H18NO2+. The van der Waals surface area contributed by atoms with Gasteiger partial charge in [0.1, 0.15) is 5.92 Å². The van der Waals surface area contributed by atoms with E-state index < -0.39 is 5.79 Å². The van der Waals surface area contributed by atoms with Crippen LogP contribution in [-0.4, -0.2) is 18.0 Å². The van der Waals surface area contributed by atoms with E-state index in [-0.39, 0.29) is 12.0 Å². The van der Waals surface area contributed by atoms with Gasteiger partial charge in [-0.3, -0.25) is 0 Å². The third-order valence-electron chi connectivity index (χ3n) is 6.87. The Morgan fingerprint density at radius 3 is 2.74 bits per heavy atom. The predicted molar refractivity (Wildman–Crippen MR) is 104 cm³/mol. The summed E-state index contributed by atoms with van der Waals surface area (Å²) in [5.74, 6) is -1.16. The van der Waals surface area contributed by atoms with E-state index in [4.69, 9.17) is 4.74 Å². The molecule has 3 aliphatic rings. The van der Waals surface area contributed by atoms with Crippen molar-refractivity contribution in [3.63, 3.8) is 0 Å². The lowest BCUT2D eigenvalue weighted by atomic mass is 9.81. The standard InChI is InChI=1S/C24H18NO2/c1-27-24(26)21-17-10-9-13-6-4-7-15-12-16-11-14-5-2-3-8-18(14)25(23(21)24)22(16)20(17)19(13)15/h2-11,21,23,26H,12H2,1H3/q+1. The number of hydrogen-bond acceptors (Lipinski definition) is 2. The van der Waals surface area contributed by atoms with Gasteiger partial charge in [0.2, 0.25) is 23.0 Å². The molecule has 4 aromatic rings. The summed E-state index contributed by atoms with van der Waals surface area (Å²) in [7, 11) is 1.62. The first-order valence-electron chi connectivity index (χ1n) is 9.51. The monoisotopic (exact) mass is 352 g/mol. The van der Waals surface area contributed by atoms with Crippen LogP contribution in [0.15, 0.2) is 60.7 Å². The molecule has 27 heavy (non-hydrogen) atoms. The topological polar surface area (TPSA) is 33.3 Å². The van der Waals surface area contributed by atoms with Crippen LogP contribution in [0.25, 0.3) is 32.9 Å². The molecule has 3 unspecified atom stereocenters. The average molecular weight is 352 g/mol. The number of para-hydroxylation sites is 1. The average Bonchev–Trinajstić information content (AvgIpc) is 3.33. The van der Waals surface area contributed by atoms with Crippen molar-refractivity contribution in [3.8, 4) is 11.3 Å². The molecule has 3 aromatic carbocycles. The molecule has 3 heteroatoms. The first-order chi connectivity index (χ1) is 13.2. The van der Waals surface area contributed by atoms with Crippen molar-refractivity contribution in [2.45, 2.75) is 24.2 Å². The predicted octanol–water partition coefficient (Wildman–Crippen LogP) is 3.84. The molecular weight excluding hydrogens is 334 g/mol. The molecule has 1 saturated carbocycles. The van der Waals surface area contributed by atoms with E-state index in [0.29, 0.717) is 0 Å². The molecule has 0 radical (unpaired) electrons. The van der Waals surface area contributed by atoms with Crippen LogP contribution in [0.4, 0.5) is 0 Å². The van der Waals surface area contributed by atoms with Crippen molar-refractivity contribution >= 4 is 21.7 Å². The van der Waals surface area contributed by atoms with Gasteiger partial charge in [-0.1, -0.05) is 42.5 Å². The minimum absolute atomic E-state index is 0.0239. The number of aromatic nitrogens is 1. The fourth-order valence-electron chi connectivity index (χ4n) is 5.71. The molecule has 0 saturated heterocycles. The van der Waals surface area contributed by atoms with E-state index in [9.17, 15) is 5.11 Å². The molecule has 1 N–H and O–H groups in total. The van der Waals surface area contributed by atoms with Crippen molar-refractivity contribution in [1.82, 2.24) is 0 Å². The van der Waals surface area contributed by atoms with E-state index in [2.05, 4.69) is 65.2 Å². The Bertz CT molecular complexity index is 1330. The summed E-state index contributed by atoms with van der Waals surface area (Å²) in [5, 5.41) is 15.1. The van der Waals surface area contributed by atoms with Gasteiger partial charge in [-0.25, -0.2) is 0 Å². The van der Waals surface area contributed by atoms with Gasteiger partial charge in [-0.2, -0.15) is 4.57 Å². The summed E-state index contributed by atoms with van der Waals surface area (Å²) in [5.41, 5.74) is 7.66. The molecule has 7 rings (SSSR count). The summed E-state index contributed by atoms with van der Waals surface area (Å²) in [6.45, 7) is 0. The zero-order valence-corrected chi connectivity index (χ0v) is 14.9. The van der Waals surface area contributed by atoms with Crippen LogP contribution in [-0.2, 0) is 11.2 Å². The number of benzene rings is 3. The number of ether oxygens (including phenoxy) is 1. The highest BCUT2D eigenvalue weighted by molar-refractivity contribution is 6.03. The number of fused-ring (bicyclic) bond motifs is 5. The third-order valence-corrected chi connectivity index (χ3v) is 6.87. The van der Waals surface area contributed by atoms with Crippen molar-refractivity contribution in [2.24, 2.45) is 0 Å². The fraction of sp³-hybridized carbons (Fsp3) is 0.208. The largest absolute Gasteiger partial charge is 0.360 e. The van der Waals surface area contributed by atoms with Crippen LogP contribution >= 0.6 is 0 Å². The zero-order chi connectivity index (χ0) is 17.9. The summed E-state index contributed by atoms with van der Waals surface area (Å²) < 4.78 is 8.02. The van der Waals surface area contributed by atoms with Gasteiger partial charge in [-0.05, 0) is 34.0 Å². The smallest absolute Gasteiger partial charge is 0.244 e. The van der Waals surface area contributed by atoms with E-state index in [1.165, 1.54) is 49.6 Å². The number of rotatable bonds is 1. The highest BCUT2D eigenvalue weighted by atomic mass is 16.6. The molecule has 1 aliphatic heterocycles. The van der Waals surface area contributed by atoms with Crippen LogP contribution in [0.2, 0.25) is 0 Å². The van der Waals surface area contributed by atoms with Crippen molar-refractivity contribution in [1.29, 1.82) is 0 Å². The second-order valence-electron chi connectivity index (χ2n) is 8.05. The Kier molecular flexibility index (Phi) is 2.33. The Morgan fingerprint density at radius 2 is 1.85 bits per heavy atom. The van der Waals surface area contributed by atoms with Gasteiger partial charge in [0.15, 0.2) is 0 Å². The lowest BCUT2D eigenvalue weighted by molar-refractivity contribution is -0.678. The summed E-state index contributed by atoms with van der Waals surface area (Å²) >= 11 is 0. The Morgan fingerprint density at radius 1 is 1.00 bits per heavy atom. The summed E-state index contributed by atoms with van der Waals surface area (Å²) in [6.07, 6.45) is 0.927. The molecule has 1 fully saturated rings. The number of methoxy groups -OCH3 is 1. The van der Waals surface area contributed by atoms with Crippen LogP contribution in [0, 0.1) is 0 Å². The van der Waals surface area contributed by atoms with Gasteiger partial charge in [0, 0.05) is 30.5 Å². The van der Waals surface area contributed by atoms with Crippen molar-refractivity contribution in [2.75, 3.05) is 7.11 Å². The zero-order valence-electron chi connectivity index (χ0n) is 14.9. The maximum absolute atomic E-state index is 11.3. The Labute approximate surface area is 156 Å². The third kappa shape index (κ3) is 1.48. The normalized spacial score (nSPS) is 26.3. The minimum atomic E-state index is -1.14. The quantitative estimate of drug-likeness (QED) is 0.367. The maximum atomic E-state index is 11.3. The second-order valence-corrected chi connectivity index (χ2v) is 8.05. The summed E-state index contributed by atoms with van der Waals surface area (Å²) in [6, 6.07) is 21.7. The van der Waals surface area contributed by atoms with Crippen molar-refractivity contribution < 1.29 is 14.4 Å². The fourth-order valence-corrected chi connectivity index (χ4v) is 5.71. The number of nitrogens with zero attached hydrogens (tertiary/aromatic N) is 1. The molecule has 0 bridgehead atoms. The number of hydrogen-bond donors (Lipinski definition) is 1. The molecule has 2 aliphatic carbocycles. The molecule has 0 spiro atoms. The highest BCUT2D eigenvalue weighted by Gasteiger charge is 2.77. The van der Waals surface area contributed by atoms with Crippen molar-refractivity contribution in [3.05, 3.63) is 77.4 Å². The van der Waals surface area contributed by atoms with E-state index >= 15 is 0 Å². The minimum Gasteiger partial charge on any atom is -0.360 e.